The summed E-state index contributed by atoms with van der Waals surface area (Å²) in [7, 11) is -3.77. The molecule has 10 nitrogen and oxygen atoms in total. The number of pyridine rings is 1. The SMILES string of the molecule is CCOC(=O)c1cn(CC)c2ccc(NC(=O)c3cccc(S(=O)(=O)N4CCOCC4)c3)cc2c1=O. The first-order valence-corrected chi connectivity index (χ1v) is 13.0. The van der Waals surface area contributed by atoms with Gasteiger partial charge in [-0.1, -0.05) is 6.07 Å². The average Bonchev–Trinajstić information content (AvgIpc) is 2.90. The first kappa shape index (κ1) is 25.5. The first-order valence-electron chi connectivity index (χ1n) is 11.6. The van der Waals surface area contributed by atoms with Crippen molar-refractivity contribution < 1.29 is 27.5 Å². The molecule has 0 saturated carbocycles. The number of aryl methyl sites for hydroxylation is 1. The third kappa shape index (κ3) is 5.03. The van der Waals surface area contributed by atoms with Crippen LogP contribution in [0.1, 0.15) is 34.6 Å². The van der Waals surface area contributed by atoms with E-state index in [1.54, 1.807) is 23.6 Å². The molecule has 1 aromatic heterocycles. The zero-order valence-electron chi connectivity index (χ0n) is 20.0. The fourth-order valence-electron chi connectivity index (χ4n) is 4.03. The van der Waals surface area contributed by atoms with Gasteiger partial charge in [0.2, 0.25) is 15.5 Å². The van der Waals surface area contributed by atoms with E-state index in [9.17, 15) is 22.8 Å². The van der Waals surface area contributed by atoms with Crippen LogP contribution in [0.2, 0.25) is 0 Å². The zero-order valence-corrected chi connectivity index (χ0v) is 20.8. The van der Waals surface area contributed by atoms with Crippen LogP contribution in [0.15, 0.2) is 58.4 Å². The molecule has 1 amide bonds. The van der Waals surface area contributed by atoms with E-state index in [4.69, 9.17) is 9.47 Å². The second-order valence-corrected chi connectivity index (χ2v) is 10.0. The van der Waals surface area contributed by atoms with Gasteiger partial charge in [0.05, 0.1) is 30.2 Å². The van der Waals surface area contributed by atoms with E-state index >= 15 is 0 Å². The molecule has 36 heavy (non-hydrogen) atoms. The number of amides is 1. The summed E-state index contributed by atoms with van der Waals surface area (Å²) in [6.07, 6.45) is 1.47. The van der Waals surface area contributed by atoms with Crippen molar-refractivity contribution in [2.45, 2.75) is 25.3 Å². The van der Waals surface area contributed by atoms with E-state index in [-0.39, 0.29) is 41.1 Å². The number of benzene rings is 2. The minimum atomic E-state index is -3.77. The minimum absolute atomic E-state index is 0.0143. The highest BCUT2D eigenvalue weighted by molar-refractivity contribution is 7.89. The monoisotopic (exact) mass is 513 g/mol. The number of hydrogen-bond acceptors (Lipinski definition) is 7. The molecular formula is C25H27N3O7S. The number of fused-ring (bicyclic) bond motifs is 1. The highest BCUT2D eigenvalue weighted by Crippen LogP contribution is 2.21. The average molecular weight is 514 g/mol. The Morgan fingerprint density at radius 3 is 2.53 bits per heavy atom. The smallest absolute Gasteiger partial charge is 0.343 e. The summed E-state index contributed by atoms with van der Waals surface area (Å²) in [4.78, 5) is 38.3. The Kier molecular flexibility index (Phi) is 7.53. The maximum Gasteiger partial charge on any atom is 0.343 e. The van der Waals surface area contributed by atoms with Gasteiger partial charge in [-0.25, -0.2) is 13.2 Å². The Balaban J connectivity index is 1.64. The Bertz CT molecular complexity index is 1470. The Morgan fingerprint density at radius 2 is 1.83 bits per heavy atom. The second-order valence-electron chi connectivity index (χ2n) is 8.11. The van der Waals surface area contributed by atoms with Gasteiger partial charge in [0.1, 0.15) is 5.56 Å². The van der Waals surface area contributed by atoms with Crippen LogP contribution in [0.4, 0.5) is 5.69 Å². The van der Waals surface area contributed by atoms with Crippen LogP contribution < -0.4 is 10.7 Å². The highest BCUT2D eigenvalue weighted by Gasteiger charge is 2.27. The minimum Gasteiger partial charge on any atom is -0.462 e. The lowest BCUT2D eigenvalue weighted by molar-refractivity contribution is 0.0524. The molecule has 2 heterocycles. The normalized spacial score (nSPS) is 14.5. The number of rotatable bonds is 7. The lowest BCUT2D eigenvalue weighted by Crippen LogP contribution is -2.40. The van der Waals surface area contributed by atoms with Crippen LogP contribution in [0.25, 0.3) is 10.9 Å². The molecule has 190 valence electrons. The summed E-state index contributed by atoms with van der Waals surface area (Å²) in [5.74, 6) is -1.25. The fourth-order valence-corrected chi connectivity index (χ4v) is 5.48. The number of nitrogens with zero attached hydrogens (tertiary/aromatic N) is 2. The molecule has 11 heteroatoms. The van der Waals surface area contributed by atoms with Crippen molar-refractivity contribution >= 4 is 38.5 Å². The van der Waals surface area contributed by atoms with E-state index in [2.05, 4.69) is 5.32 Å². The molecular weight excluding hydrogens is 486 g/mol. The Labute approximate surface area is 208 Å². The molecule has 1 saturated heterocycles. The second kappa shape index (κ2) is 10.6. The number of carbonyl (C=O) groups is 2. The van der Waals surface area contributed by atoms with Gasteiger partial charge >= 0.3 is 5.97 Å². The molecule has 1 fully saturated rings. The van der Waals surface area contributed by atoms with Crippen molar-refractivity contribution in [2.75, 3.05) is 38.2 Å². The maximum absolute atomic E-state index is 13.0. The van der Waals surface area contributed by atoms with Crippen molar-refractivity contribution in [3.8, 4) is 0 Å². The number of esters is 1. The largest absolute Gasteiger partial charge is 0.462 e. The number of sulfonamides is 1. The molecule has 0 unspecified atom stereocenters. The molecule has 0 atom stereocenters. The van der Waals surface area contributed by atoms with Gasteiger partial charge in [-0.05, 0) is 50.2 Å². The number of hydrogen-bond donors (Lipinski definition) is 1. The number of carbonyl (C=O) groups excluding carboxylic acids is 2. The van der Waals surface area contributed by atoms with Crippen molar-refractivity contribution in [3.63, 3.8) is 0 Å². The highest BCUT2D eigenvalue weighted by atomic mass is 32.2. The summed E-state index contributed by atoms with van der Waals surface area (Å²) in [6.45, 7) is 5.33. The number of morpholine rings is 1. The predicted octanol–water partition coefficient (Wildman–Crippen LogP) is 2.47. The number of anilines is 1. The molecule has 0 spiro atoms. The van der Waals surface area contributed by atoms with Crippen molar-refractivity contribution in [3.05, 3.63) is 70.0 Å². The standard InChI is InChI=1S/C25H27N3O7S/c1-3-27-16-21(25(31)35-4-2)23(29)20-15-18(8-9-22(20)27)26-24(30)17-6-5-7-19(14-17)36(32,33)28-10-12-34-13-11-28/h5-9,14-16H,3-4,10-13H2,1-2H3,(H,26,30). The molecule has 0 aliphatic carbocycles. The summed E-state index contributed by atoms with van der Waals surface area (Å²) in [5, 5.41) is 2.97. The topological polar surface area (TPSA) is 124 Å². The van der Waals surface area contributed by atoms with Gasteiger partial charge < -0.3 is 19.4 Å². The van der Waals surface area contributed by atoms with E-state index < -0.39 is 27.3 Å². The van der Waals surface area contributed by atoms with Crippen LogP contribution in [0, 0.1) is 0 Å². The molecule has 4 rings (SSSR count). The van der Waals surface area contributed by atoms with Gasteiger partial charge in [-0.3, -0.25) is 9.59 Å². The summed E-state index contributed by atoms with van der Waals surface area (Å²) in [5.41, 5.74) is 0.496. The van der Waals surface area contributed by atoms with Crippen LogP contribution >= 0.6 is 0 Å². The van der Waals surface area contributed by atoms with Crippen LogP contribution in [-0.2, 0) is 26.0 Å². The van der Waals surface area contributed by atoms with E-state index in [1.807, 2.05) is 6.92 Å². The van der Waals surface area contributed by atoms with Crippen LogP contribution in [-0.4, -0.2) is 62.1 Å². The van der Waals surface area contributed by atoms with Gasteiger partial charge in [0, 0.05) is 42.5 Å². The van der Waals surface area contributed by atoms with E-state index in [1.165, 1.54) is 40.8 Å². The van der Waals surface area contributed by atoms with Gasteiger partial charge in [-0.2, -0.15) is 4.31 Å². The fraction of sp³-hybridized carbons (Fsp3) is 0.320. The molecule has 1 aliphatic heterocycles. The molecule has 0 bridgehead atoms. The number of aromatic nitrogens is 1. The lowest BCUT2D eigenvalue weighted by Gasteiger charge is -2.26. The molecule has 1 aliphatic rings. The first-order chi connectivity index (χ1) is 17.3. The third-order valence-corrected chi connectivity index (χ3v) is 7.77. The quantitative estimate of drug-likeness (QED) is 0.481. The Hall–Kier alpha value is -3.54. The van der Waals surface area contributed by atoms with Crippen molar-refractivity contribution in [1.82, 2.24) is 8.87 Å². The molecule has 0 radical (unpaired) electrons. The summed E-state index contributed by atoms with van der Waals surface area (Å²) in [6, 6.07) is 10.6. The summed E-state index contributed by atoms with van der Waals surface area (Å²) >= 11 is 0. The summed E-state index contributed by atoms with van der Waals surface area (Å²) < 4.78 is 39.2. The number of ether oxygens (including phenoxy) is 2. The predicted molar refractivity (Wildman–Crippen MR) is 134 cm³/mol. The van der Waals surface area contributed by atoms with Crippen molar-refractivity contribution in [2.24, 2.45) is 0 Å². The maximum atomic E-state index is 13.0. The van der Waals surface area contributed by atoms with Crippen LogP contribution in [0.5, 0.6) is 0 Å². The van der Waals surface area contributed by atoms with Crippen LogP contribution in [0.3, 0.4) is 0 Å². The zero-order chi connectivity index (χ0) is 25.9. The van der Waals surface area contributed by atoms with E-state index in [0.717, 1.165) is 0 Å². The van der Waals surface area contributed by atoms with Gasteiger partial charge in [0.25, 0.3) is 5.91 Å². The third-order valence-electron chi connectivity index (χ3n) is 5.88. The molecule has 2 aromatic carbocycles. The van der Waals surface area contributed by atoms with Gasteiger partial charge in [0.15, 0.2) is 0 Å². The lowest BCUT2D eigenvalue weighted by atomic mass is 10.1. The van der Waals surface area contributed by atoms with Crippen molar-refractivity contribution in [1.29, 1.82) is 0 Å². The number of nitrogens with one attached hydrogen (secondary N) is 1. The Morgan fingerprint density at radius 1 is 1.08 bits per heavy atom. The molecule has 1 N–H and O–H groups in total. The van der Waals surface area contributed by atoms with E-state index in [0.29, 0.717) is 31.0 Å². The molecule has 3 aromatic rings. The van der Waals surface area contributed by atoms with Gasteiger partial charge in [-0.15, -0.1) is 0 Å².